The van der Waals surface area contributed by atoms with Crippen molar-refractivity contribution in [2.45, 2.75) is 19.3 Å². The lowest BCUT2D eigenvalue weighted by Gasteiger charge is -2.32. The van der Waals surface area contributed by atoms with Crippen molar-refractivity contribution in [3.05, 3.63) is 93.1 Å². The van der Waals surface area contributed by atoms with Crippen molar-refractivity contribution in [2.75, 3.05) is 13.1 Å². The molecule has 1 saturated heterocycles. The second-order valence-corrected chi connectivity index (χ2v) is 9.45. The van der Waals surface area contributed by atoms with Gasteiger partial charge < -0.3 is 9.32 Å². The minimum absolute atomic E-state index is 0.000844. The van der Waals surface area contributed by atoms with Gasteiger partial charge >= 0.3 is 0 Å². The second kappa shape index (κ2) is 9.69. The van der Waals surface area contributed by atoms with E-state index in [9.17, 15) is 14.9 Å². The molecule has 2 aliphatic rings. The van der Waals surface area contributed by atoms with Gasteiger partial charge in [-0.3, -0.25) is 14.9 Å². The van der Waals surface area contributed by atoms with Gasteiger partial charge in [0.25, 0.3) is 11.6 Å². The van der Waals surface area contributed by atoms with Gasteiger partial charge in [0.05, 0.1) is 9.83 Å². The van der Waals surface area contributed by atoms with E-state index in [0.29, 0.717) is 27.9 Å². The third kappa shape index (κ3) is 4.97. The largest absolute Gasteiger partial charge is 0.457 e. The number of thioether (sulfide) groups is 1. The highest BCUT2D eigenvalue weighted by molar-refractivity contribution is 8.18. The molecule has 0 aliphatic carbocycles. The number of nitro benzene ring substituents is 1. The quantitative estimate of drug-likeness (QED) is 0.265. The number of amidine groups is 1. The van der Waals surface area contributed by atoms with Crippen LogP contribution in [0.4, 0.5) is 5.69 Å². The first-order valence-electron chi connectivity index (χ1n) is 11.2. The monoisotopic (exact) mass is 473 g/mol. The lowest BCUT2D eigenvalue weighted by molar-refractivity contribution is -0.384. The van der Waals surface area contributed by atoms with Crippen LogP contribution in [0.25, 0.3) is 17.4 Å². The predicted octanol–water partition coefficient (Wildman–Crippen LogP) is 5.78. The zero-order valence-electron chi connectivity index (χ0n) is 18.4. The topological polar surface area (TPSA) is 89.0 Å². The highest BCUT2D eigenvalue weighted by Gasteiger charge is 2.29. The SMILES string of the molecule is O=C1N=C(N2CCC(Cc3ccccc3)CC2)S/C1=C/c1ccc(-c2cccc([N+](=O)[O-])c2)o1. The van der Waals surface area contributed by atoms with Gasteiger partial charge in [-0.2, -0.15) is 4.99 Å². The Hall–Kier alpha value is -3.65. The summed E-state index contributed by atoms with van der Waals surface area (Å²) in [6.45, 7) is 1.78. The Bertz CT molecular complexity index is 1270. The zero-order valence-corrected chi connectivity index (χ0v) is 19.2. The number of hydrogen-bond donors (Lipinski definition) is 0. The summed E-state index contributed by atoms with van der Waals surface area (Å²) < 4.78 is 5.84. The van der Waals surface area contributed by atoms with Crippen LogP contribution in [0.15, 0.2) is 81.0 Å². The average molecular weight is 474 g/mol. The summed E-state index contributed by atoms with van der Waals surface area (Å²) in [7, 11) is 0. The van der Waals surface area contributed by atoms with Crippen molar-refractivity contribution in [1.82, 2.24) is 4.90 Å². The van der Waals surface area contributed by atoms with E-state index in [1.807, 2.05) is 6.07 Å². The Labute approximate surface area is 201 Å². The van der Waals surface area contributed by atoms with Gasteiger partial charge in [0.15, 0.2) is 5.17 Å². The standard InChI is InChI=1S/C26H23N3O4S/c30-25-24(17-22-9-10-23(33-22)20-7-4-8-21(16-20)29(31)32)34-26(27-25)28-13-11-19(12-14-28)15-18-5-2-1-3-6-18/h1-10,16-17,19H,11-15H2/b24-17+. The molecule has 8 heteroatoms. The lowest BCUT2D eigenvalue weighted by atomic mass is 9.90. The number of amides is 1. The van der Waals surface area contributed by atoms with Crippen LogP contribution < -0.4 is 0 Å². The molecule has 3 aromatic rings. The number of piperidine rings is 1. The molecule has 7 nitrogen and oxygen atoms in total. The molecular weight excluding hydrogens is 450 g/mol. The number of benzene rings is 2. The number of nitrogens with zero attached hydrogens (tertiary/aromatic N) is 3. The molecule has 2 aromatic carbocycles. The Morgan fingerprint density at radius 3 is 2.65 bits per heavy atom. The number of carbonyl (C=O) groups excluding carboxylic acids is 1. The van der Waals surface area contributed by atoms with Crippen molar-refractivity contribution in [3.63, 3.8) is 0 Å². The molecule has 0 saturated carbocycles. The van der Waals surface area contributed by atoms with Crippen molar-refractivity contribution in [2.24, 2.45) is 10.9 Å². The van der Waals surface area contributed by atoms with E-state index < -0.39 is 4.92 Å². The summed E-state index contributed by atoms with van der Waals surface area (Å²) in [4.78, 5) is 30.1. The summed E-state index contributed by atoms with van der Waals surface area (Å²) in [6, 6.07) is 20.3. The van der Waals surface area contributed by atoms with Crippen LogP contribution in [0, 0.1) is 16.0 Å². The Kier molecular flexibility index (Phi) is 6.31. The number of rotatable bonds is 5. The first kappa shape index (κ1) is 22.2. The lowest BCUT2D eigenvalue weighted by Crippen LogP contribution is -2.37. The van der Waals surface area contributed by atoms with Gasteiger partial charge in [0.1, 0.15) is 11.5 Å². The van der Waals surface area contributed by atoms with Crippen LogP contribution in [-0.2, 0) is 11.2 Å². The van der Waals surface area contributed by atoms with E-state index in [2.05, 4.69) is 34.2 Å². The maximum Gasteiger partial charge on any atom is 0.286 e. The van der Waals surface area contributed by atoms with E-state index in [1.54, 1.807) is 30.3 Å². The van der Waals surface area contributed by atoms with Crippen molar-refractivity contribution in [1.29, 1.82) is 0 Å². The molecule has 5 rings (SSSR count). The molecule has 172 valence electrons. The minimum Gasteiger partial charge on any atom is -0.457 e. The number of nitro groups is 1. The smallest absolute Gasteiger partial charge is 0.286 e. The minimum atomic E-state index is -0.438. The highest BCUT2D eigenvalue weighted by Crippen LogP contribution is 2.34. The van der Waals surface area contributed by atoms with Gasteiger partial charge in [-0.05, 0) is 54.6 Å². The zero-order chi connectivity index (χ0) is 23.5. The van der Waals surface area contributed by atoms with Crippen LogP contribution in [0.5, 0.6) is 0 Å². The molecular formula is C26H23N3O4S. The van der Waals surface area contributed by atoms with Crippen LogP contribution in [0.2, 0.25) is 0 Å². The first-order chi connectivity index (χ1) is 16.5. The third-order valence-electron chi connectivity index (χ3n) is 6.10. The molecule has 0 spiro atoms. The van der Waals surface area contributed by atoms with Crippen molar-refractivity contribution < 1.29 is 14.1 Å². The number of non-ortho nitro benzene ring substituents is 1. The second-order valence-electron chi connectivity index (χ2n) is 8.44. The number of carbonyl (C=O) groups is 1. The Balaban J connectivity index is 1.21. The molecule has 0 N–H and O–H groups in total. The van der Waals surface area contributed by atoms with Crippen molar-refractivity contribution in [3.8, 4) is 11.3 Å². The van der Waals surface area contributed by atoms with Gasteiger partial charge in [-0.25, -0.2) is 0 Å². The molecule has 1 amide bonds. The molecule has 2 aliphatic heterocycles. The summed E-state index contributed by atoms with van der Waals surface area (Å²) >= 11 is 1.37. The average Bonchev–Trinajstić information content (AvgIpc) is 3.47. The summed E-state index contributed by atoms with van der Waals surface area (Å²) in [6.07, 6.45) is 4.93. The fraction of sp³-hybridized carbons (Fsp3) is 0.231. The maximum atomic E-state index is 12.5. The fourth-order valence-corrected chi connectivity index (χ4v) is 5.24. The van der Waals surface area contributed by atoms with Gasteiger partial charge in [0, 0.05) is 36.9 Å². The molecule has 0 radical (unpaired) electrons. The first-order valence-corrected chi connectivity index (χ1v) is 12.0. The molecule has 1 fully saturated rings. The molecule has 0 atom stereocenters. The number of aliphatic imine (C=N–C) groups is 1. The van der Waals surface area contributed by atoms with Gasteiger partial charge in [-0.1, -0.05) is 42.5 Å². The van der Waals surface area contributed by atoms with E-state index >= 15 is 0 Å². The van der Waals surface area contributed by atoms with Crippen LogP contribution in [-0.4, -0.2) is 34.0 Å². The molecule has 0 unspecified atom stereocenters. The van der Waals surface area contributed by atoms with Crippen LogP contribution >= 0.6 is 11.8 Å². The predicted molar refractivity (Wildman–Crippen MR) is 133 cm³/mol. The van der Waals surface area contributed by atoms with Gasteiger partial charge in [0.2, 0.25) is 0 Å². The molecule has 34 heavy (non-hydrogen) atoms. The number of furan rings is 1. The fourth-order valence-electron chi connectivity index (χ4n) is 4.30. The summed E-state index contributed by atoms with van der Waals surface area (Å²) in [5.41, 5.74) is 1.98. The Morgan fingerprint density at radius 2 is 1.88 bits per heavy atom. The third-order valence-corrected chi connectivity index (χ3v) is 7.15. The maximum absolute atomic E-state index is 12.5. The van der Waals surface area contributed by atoms with E-state index in [1.165, 1.54) is 29.5 Å². The number of likely N-dealkylation sites (tertiary alicyclic amines) is 1. The van der Waals surface area contributed by atoms with Gasteiger partial charge in [-0.15, -0.1) is 0 Å². The van der Waals surface area contributed by atoms with E-state index in [-0.39, 0.29) is 11.6 Å². The Morgan fingerprint density at radius 1 is 1.09 bits per heavy atom. The number of hydrogen-bond acceptors (Lipinski definition) is 6. The molecule has 1 aromatic heterocycles. The van der Waals surface area contributed by atoms with Crippen LogP contribution in [0.3, 0.4) is 0 Å². The normalized spacial score (nSPS) is 17.9. The molecule has 0 bridgehead atoms. The highest BCUT2D eigenvalue weighted by atomic mass is 32.2. The van der Waals surface area contributed by atoms with E-state index in [4.69, 9.17) is 4.42 Å². The van der Waals surface area contributed by atoms with Crippen molar-refractivity contribution >= 4 is 34.6 Å². The summed E-state index contributed by atoms with van der Waals surface area (Å²) in [5.74, 6) is 1.40. The summed E-state index contributed by atoms with van der Waals surface area (Å²) in [5, 5.41) is 11.8. The van der Waals surface area contributed by atoms with E-state index in [0.717, 1.165) is 37.5 Å². The molecule has 3 heterocycles. The van der Waals surface area contributed by atoms with Crippen LogP contribution in [0.1, 0.15) is 24.2 Å².